The Bertz CT molecular complexity index is 2070. The first-order valence-corrected chi connectivity index (χ1v) is 13.7. The van der Waals surface area contributed by atoms with Gasteiger partial charge in [0.05, 0.1) is 0 Å². The monoisotopic (exact) mass is 666 g/mol. The van der Waals surface area contributed by atoms with Gasteiger partial charge in [-0.25, -0.2) is 18.7 Å². The first-order chi connectivity index (χ1) is 21.8. The second-order valence-corrected chi connectivity index (χ2v) is 11.0. The molecule has 4 nitrogen and oxygen atoms in total. The highest BCUT2D eigenvalue weighted by Crippen LogP contribution is 2.57. The number of benzene rings is 4. The van der Waals surface area contributed by atoms with Gasteiger partial charge in [-0.1, -0.05) is 60.7 Å². The number of hydrogen-bond donors (Lipinski definition) is 0. The van der Waals surface area contributed by atoms with Crippen LogP contribution in [-0.4, -0.2) is 22.3 Å². The predicted octanol–water partition coefficient (Wildman–Crippen LogP) is 10.6. The molecule has 2 aromatic heterocycles. The fraction of sp³-hybridized carbons (Fsp3) is 0.212. The van der Waals surface area contributed by atoms with Crippen molar-refractivity contribution in [3.8, 4) is 11.1 Å². The molecule has 2 heterocycles. The van der Waals surface area contributed by atoms with Crippen molar-refractivity contribution in [2.75, 3.05) is 0 Å². The summed E-state index contributed by atoms with van der Waals surface area (Å²) >= 11 is 0. The van der Waals surface area contributed by atoms with Gasteiger partial charge in [-0.3, -0.25) is 0 Å². The van der Waals surface area contributed by atoms with Crippen LogP contribution >= 0.6 is 0 Å². The van der Waals surface area contributed by atoms with E-state index in [4.69, 9.17) is 8.83 Å². The molecule has 0 aliphatic rings. The van der Waals surface area contributed by atoms with E-state index in [0.717, 1.165) is 31.2 Å². The zero-order chi connectivity index (χ0) is 34.2. The molecule has 0 saturated heterocycles. The summed E-state index contributed by atoms with van der Waals surface area (Å²) < 4.78 is 157. The second-order valence-electron chi connectivity index (χ2n) is 11.0. The maximum atomic E-state index is 15.6. The average Bonchev–Trinajstić information content (AvgIpc) is 3.58. The zero-order valence-corrected chi connectivity index (χ0v) is 24.1. The summed E-state index contributed by atoms with van der Waals surface area (Å²) in [5.74, 6) is -8.29. The Morgan fingerprint density at radius 3 is 1.40 bits per heavy atom. The highest BCUT2D eigenvalue weighted by molar-refractivity contribution is 5.77. The minimum atomic E-state index is -5.96. The molecule has 14 heteroatoms. The molecule has 4 aromatic carbocycles. The highest BCUT2D eigenvalue weighted by Gasteiger charge is 2.72. The number of alkyl halides is 10. The molecule has 0 amide bonds. The number of oxazole rings is 2. The molecule has 6 rings (SSSR count). The van der Waals surface area contributed by atoms with Crippen molar-refractivity contribution in [3.63, 3.8) is 0 Å². The van der Waals surface area contributed by atoms with Gasteiger partial charge in [-0.2, -0.15) is 35.1 Å². The van der Waals surface area contributed by atoms with Crippen LogP contribution in [0, 0.1) is 6.92 Å². The lowest BCUT2D eigenvalue weighted by atomic mass is 9.72. The third-order valence-electron chi connectivity index (χ3n) is 7.84. The van der Waals surface area contributed by atoms with Crippen molar-refractivity contribution in [1.29, 1.82) is 0 Å². The quantitative estimate of drug-likeness (QED) is 0.166. The molecule has 6 aromatic rings. The minimum Gasteiger partial charge on any atom is -0.441 e. The topological polar surface area (TPSA) is 52.1 Å². The van der Waals surface area contributed by atoms with E-state index in [-0.39, 0.29) is 22.6 Å². The van der Waals surface area contributed by atoms with E-state index in [1.54, 1.807) is 0 Å². The van der Waals surface area contributed by atoms with Gasteiger partial charge in [0.15, 0.2) is 17.1 Å². The van der Waals surface area contributed by atoms with Crippen LogP contribution in [0.1, 0.15) is 41.0 Å². The van der Waals surface area contributed by atoms with Crippen molar-refractivity contribution in [2.45, 2.75) is 43.5 Å². The Balaban J connectivity index is 1.40. The molecular formula is C33H20F10N2O2. The zero-order valence-electron chi connectivity index (χ0n) is 24.1. The molecule has 0 aliphatic heterocycles. The van der Waals surface area contributed by atoms with Crippen LogP contribution in [0.2, 0.25) is 0 Å². The van der Waals surface area contributed by atoms with Gasteiger partial charge in [0.2, 0.25) is 5.41 Å². The number of aromatic nitrogens is 2. The maximum Gasteiger partial charge on any atom is 0.411 e. The van der Waals surface area contributed by atoms with Crippen molar-refractivity contribution in [2.24, 2.45) is 0 Å². The van der Waals surface area contributed by atoms with Crippen LogP contribution in [0.5, 0.6) is 0 Å². The Morgan fingerprint density at radius 2 is 0.936 bits per heavy atom. The van der Waals surface area contributed by atoms with E-state index in [1.807, 2.05) is 0 Å². The van der Waals surface area contributed by atoms with Gasteiger partial charge < -0.3 is 8.83 Å². The van der Waals surface area contributed by atoms with E-state index in [1.165, 1.54) is 43.3 Å². The number of hydrogen-bond acceptors (Lipinski definition) is 4. The number of halogens is 10. The van der Waals surface area contributed by atoms with E-state index >= 15 is 8.78 Å². The fourth-order valence-electron chi connectivity index (χ4n) is 5.50. The molecule has 47 heavy (non-hydrogen) atoms. The third kappa shape index (κ3) is 5.28. The lowest BCUT2D eigenvalue weighted by Gasteiger charge is -2.38. The molecule has 244 valence electrons. The number of nitrogens with zero attached hydrogens (tertiary/aromatic N) is 2. The summed E-state index contributed by atoms with van der Waals surface area (Å²) in [6.45, 7) is 2.10. The average molecular weight is 667 g/mol. The standard InChI is InChI=1S/C33H20F10N2O2/c1-17-44-24-15-22(11-13-26(24)46-17)30(32(38,39)40,33(41,42)43)23-12-14-27-25(16-23)45-28(47-27)31(36,37)21-9-5-19(6-10-21)18-3-7-20(8-4-18)29(2,34)35/h3-16H,1-2H3. The van der Waals surface area contributed by atoms with Crippen molar-refractivity contribution in [3.05, 3.63) is 119 Å². The van der Waals surface area contributed by atoms with Gasteiger partial charge >= 0.3 is 18.3 Å². The summed E-state index contributed by atoms with van der Waals surface area (Å²) in [6, 6.07) is 13.6. The molecule has 0 unspecified atom stereocenters. The fourth-order valence-corrected chi connectivity index (χ4v) is 5.50. The van der Waals surface area contributed by atoms with Crippen LogP contribution < -0.4 is 0 Å². The number of aryl methyl sites for hydroxylation is 1. The van der Waals surface area contributed by atoms with Crippen LogP contribution in [-0.2, 0) is 17.3 Å². The van der Waals surface area contributed by atoms with Crippen LogP contribution in [0.3, 0.4) is 0 Å². The third-order valence-corrected chi connectivity index (χ3v) is 7.84. The number of fused-ring (bicyclic) bond motifs is 2. The van der Waals surface area contributed by atoms with Crippen LogP contribution in [0.4, 0.5) is 43.9 Å². The lowest BCUT2D eigenvalue weighted by Crippen LogP contribution is -2.54. The Morgan fingerprint density at radius 1 is 0.511 bits per heavy atom. The van der Waals surface area contributed by atoms with E-state index in [9.17, 15) is 35.1 Å². The molecular weight excluding hydrogens is 646 g/mol. The van der Waals surface area contributed by atoms with Crippen molar-refractivity contribution < 1.29 is 52.7 Å². The molecule has 0 bridgehead atoms. The van der Waals surface area contributed by atoms with E-state index < -0.39 is 63.3 Å². The first kappa shape index (κ1) is 32.1. The summed E-state index contributed by atoms with van der Waals surface area (Å²) in [7, 11) is 0. The van der Waals surface area contributed by atoms with Crippen molar-refractivity contribution >= 4 is 22.2 Å². The van der Waals surface area contributed by atoms with E-state index in [2.05, 4.69) is 9.97 Å². The van der Waals surface area contributed by atoms with Crippen LogP contribution in [0.15, 0.2) is 93.8 Å². The summed E-state index contributed by atoms with van der Waals surface area (Å²) in [4.78, 5) is 7.46. The summed E-state index contributed by atoms with van der Waals surface area (Å²) in [5, 5.41) is 0. The van der Waals surface area contributed by atoms with Gasteiger partial charge in [0, 0.05) is 25.0 Å². The largest absolute Gasteiger partial charge is 0.441 e. The predicted molar refractivity (Wildman–Crippen MR) is 150 cm³/mol. The van der Waals surface area contributed by atoms with Gasteiger partial charge in [-0.05, 0) is 46.5 Å². The molecule has 0 atom stereocenters. The number of rotatable bonds is 6. The summed E-state index contributed by atoms with van der Waals surface area (Å²) in [5.41, 5.74) is -8.59. The minimum absolute atomic E-state index is 0.0202. The van der Waals surface area contributed by atoms with Crippen molar-refractivity contribution in [1.82, 2.24) is 9.97 Å². The Labute approximate surface area is 258 Å². The van der Waals surface area contributed by atoms with E-state index in [0.29, 0.717) is 35.4 Å². The smallest absolute Gasteiger partial charge is 0.411 e. The second kappa shape index (κ2) is 10.6. The Kier molecular flexibility index (Phi) is 7.22. The van der Waals surface area contributed by atoms with Crippen LogP contribution in [0.25, 0.3) is 33.3 Å². The van der Waals surface area contributed by atoms with Gasteiger partial charge in [0.25, 0.3) is 11.8 Å². The molecule has 0 radical (unpaired) electrons. The Hall–Kier alpha value is -4.88. The maximum absolute atomic E-state index is 15.6. The first-order valence-electron chi connectivity index (χ1n) is 13.7. The molecule has 0 fully saturated rings. The van der Waals surface area contributed by atoms with Gasteiger partial charge in [-0.15, -0.1) is 0 Å². The highest BCUT2D eigenvalue weighted by atomic mass is 19.4. The summed E-state index contributed by atoms with van der Waals surface area (Å²) in [6.07, 6.45) is -11.9. The molecule has 0 N–H and O–H groups in total. The lowest BCUT2D eigenvalue weighted by molar-refractivity contribution is -0.288. The van der Waals surface area contributed by atoms with Gasteiger partial charge in [0.1, 0.15) is 11.0 Å². The SMILES string of the molecule is Cc1nc2cc(C(c3ccc4oc(C(F)(F)c5ccc(-c6ccc(C(C)(F)F)cc6)cc5)nc4c3)(C(F)(F)F)C(F)(F)F)ccc2o1. The normalized spacial score (nSPS) is 13.5. The molecule has 0 aliphatic carbocycles. The molecule has 0 spiro atoms. The molecule has 0 saturated carbocycles.